The summed E-state index contributed by atoms with van der Waals surface area (Å²) in [6.07, 6.45) is -10.2. The summed E-state index contributed by atoms with van der Waals surface area (Å²) in [5, 5.41) is 3.85. The first-order valence-electron chi connectivity index (χ1n) is 10.1. The predicted molar refractivity (Wildman–Crippen MR) is 106 cm³/mol. The molecule has 1 fully saturated rings. The average Bonchev–Trinajstić information content (AvgIpc) is 3.25. The summed E-state index contributed by atoms with van der Waals surface area (Å²) in [6, 6.07) is 5.04. The van der Waals surface area contributed by atoms with Gasteiger partial charge in [0.15, 0.2) is 0 Å². The van der Waals surface area contributed by atoms with E-state index < -0.39 is 60.9 Å². The second kappa shape index (κ2) is 10.2. The number of halogens is 7. The van der Waals surface area contributed by atoms with Crippen LogP contribution in [0.5, 0.6) is 0 Å². The largest absolute Gasteiger partial charge is 0.416 e. The highest BCUT2D eigenvalue weighted by atomic mass is 19.4. The van der Waals surface area contributed by atoms with Gasteiger partial charge in [0, 0.05) is 18.1 Å². The second-order valence-corrected chi connectivity index (χ2v) is 7.76. The lowest BCUT2D eigenvalue weighted by atomic mass is 9.96. The monoisotopic (exact) mass is 508 g/mol. The Balaban J connectivity index is 1.63. The number of benzene rings is 1. The van der Waals surface area contributed by atoms with Gasteiger partial charge >= 0.3 is 12.4 Å². The summed E-state index contributed by atoms with van der Waals surface area (Å²) < 4.78 is 88.8. The highest BCUT2D eigenvalue weighted by Crippen LogP contribution is 2.37. The molecular weight excluding hydrogens is 489 g/mol. The van der Waals surface area contributed by atoms with Gasteiger partial charge in [0.25, 0.3) is 5.91 Å². The van der Waals surface area contributed by atoms with Crippen LogP contribution in [0.1, 0.15) is 51.3 Å². The molecule has 2 unspecified atom stereocenters. The van der Waals surface area contributed by atoms with Crippen LogP contribution in [0.3, 0.4) is 0 Å². The zero-order valence-corrected chi connectivity index (χ0v) is 18.0. The van der Waals surface area contributed by atoms with Crippen LogP contribution in [0, 0.1) is 12.9 Å². The van der Waals surface area contributed by atoms with E-state index in [9.17, 15) is 40.3 Å². The molecular formula is C21H19F7N4O3. The van der Waals surface area contributed by atoms with Gasteiger partial charge in [-0.25, -0.2) is 4.98 Å². The van der Waals surface area contributed by atoms with E-state index >= 15 is 0 Å². The number of aryl methyl sites for hydroxylation is 1. The maximum atomic E-state index is 13.6. The van der Waals surface area contributed by atoms with Gasteiger partial charge in [-0.2, -0.15) is 36.2 Å². The molecule has 1 aliphatic heterocycles. The third-order valence-electron chi connectivity index (χ3n) is 5.07. The molecule has 190 valence electrons. The number of hydroxylamine groups is 1. The lowest BCUT2D eigenvalue weighted by Gasteiger charge is -2.13. The number of aromatic nitrogens is 1. The topological polar surface area (TPSA) is 92.3 Å². The van der Waals surface area contributed by atoms with Gasteiger partial charge in [0.2, 0.25) is 11.9 Å². The van der Waals surface area contributed by atoms with Crippen molar-refractivity contribution in [1.29, 1.82) is 0 Å². The number of nitrogens with one attached hydrogen (secondary N) is 3. The number of hydrogen-bond donors (Lipinski definition) is 3. The Hall–Kier alpha value is -3.26. The van der Waals surface area contributed by atoms with Gasteiger partial charge in [-0.15, -0.1) is 0 Å². The fourth-order valence-electron chi connectivity index (χ4n) is 3.38. The molecule has 3 N–H and O–H groups in total. The van der Waals surface area contributed by atoms with Crippen molar-refractivity contribution in [2.75, 3.05) is 13.1 Å². The highest BCUT2D eigenvalue weighted by molar-refractivity contribution is 5.97. The molecule has 3 rings (SSSR count). The summed E-state index contributed by atoms with van der Waals surface area (Å²) in [6.45, 7) is -0.592. The fraction of sp³-hybridized carbons (Fsp3) is 0.381. The summed E-state index contributed by atoms with van der Waals surface area (Å²) in [5.74, 6) is -2.99. The van der Waals surface area contributed by atoms with Crippen molar-refractivity contribution < 1.29 is 45.2 Å². The molecule has 0 radical (unpaired) electrons. The minimum atomic E-state index is -4.75. The van der Waals surface area contributed by atoms with E-state index in [4.69, 9.17) is 4.84 Å². The lowest BCUT2D eigenvalue weighted by Crippen LogP contribution is -2.41. The van der Waals surface area contributed by atoms with E-state index in [0.29, 0.717) is 17.2 Å². The molecule has 0 saturated carbocycles. The van der Waals surface area contributed by atoms with Crippen LogP contribution in [0.25, 0.3) is 0 Å². The zero-order chi connectivity index (χ0) is 26.0. The normalized spacial score (nSPS) is 18.4. The van der Waals surface area contributed by atoms with Gasteiger partial charge in [0.05, 0.1) is 23.8 Å². The Kier molecular flexibility index (Phi) is 7.65. The molecule has 2 heterocycles. The van der Waals surface area contributed by atoms with Crippen molar-refractivity contribution in [3.05, 3.63) is 64.2 Å². The van der Waals surface area contributed by atoms with E-state index in [-0.39, 0.29) is 23.7 Å². The number of alkyl halides is 6. The molecule has 0 spiro atoms. The smallest absolute Gasteiger partial charge is 0.345 e. The Morgan fingerprint density at radius 2 is 1.83 bits per heavy atom. The third kappa shape index (κ3) is 7.11. The van der Waals surface area contributed by atoms with Crippen LogP contribution in [0.2, 0.25) is 0 Å². The first-order chi connectivity index (χ1) is 16.2. The minimum Gasteiger partial charge on any atom is -0.345 e. The van der Waals surface area contributed by atoms with Crippen molar-refractivity contribution >= 4 is 11.8 Å². The van der Waals surface area contributed by atoms with Crippen molar-refractivity contribution in [2.45, 2.75) is 37.8 Å². The molecule has 2 atom stereocenters. The van der Waals surface area contributed by atoms with Crippen LogP contribution >= 0.6 is 0 Å². The Morgan fingerprint density at radius 3 is 2.46 bits per heavy atom. The van der Waals surface area contributed by atoms with Crippen molar-refractivity contribution in [3.8, 4) is 0 Å². The summed E-state index contributed by atoms with van der Waals surface area (Å²) in [4.78, 5) is 32.5. The number of hydrogen-bond acceptors (Lipinski definition) is 5. The van der Waals surface area contributed by atoms with E-state index in [0.717, 1.165) is 0 Å². The number of carbonyl (C=O) groups excluding carboxylic acids is 2. The van der Waals surface area contributed by atoms with E-state index in [1.165, 1.54) is 12.1 Å². The molecule has 0 aliphatic carbocycles. The molecule has 1 aromatic heterocycles. The van der Waals surface area contributed by atoms with Crippen molar-refractivity contribution in [1.82, 2.24) is 21.1 Å². The third-order valence-corrected chi connectivity index (χ3v) is 5.07. The molecule has 14 heteroatoms. The maximum Gasteiger partial charge on any atom is 0.416 e. The van der Waals surface area contributed by atoms with E-state index in [1.54, 1.807) is 18.3 Å². The van der Waals surface area contributed by atoms with Gasteiger partial charge in [-0.05, 0) is 30.2 Å². The fourth-order valence-corrected chi connectivity index (χ4v) is 3.38. The van der Waals surface area contributed by atoms with Crippen molar-refractivity contribution in [3.63, 3.8) is 0 Å². The van der Waals surface area contributed by atoms with E-state index in [1.807, 2.05) is 0 Å². The molecule has 2 amide bonds. The van der Waals surface area contributed by atoms with Gasteiger partial charge < -0.3 is 10.6 Å². The molecule has 1 saturated heterocycles. The van der Waals surface area contributed by atoms with Crippen LogP contribution in [0.15, 0.2) is 30.3 Å². The number of carbonyl (C=O) groups is 2. The Labute approximate surface area is 194 Å². The second-order valence-electron chi connectivity index (χ2n) is 7.76. The van der Waals surface area contributed by atoms with Crippen molar-refractivity contribution in [2.24, 2.45) is 0 Å². The SMILES string of the molecule is Cc1cc(C2CC(c3cc(C(F)(F)F)cc(F)n3)ON2)ccc1C(=O)NCC(=O)NCC(F)(F)F. The Morgan fingerprint density at radius 1 is 1.11 bits per heavy atom. The van der Waals surface area contributed by atoms with E-state index in [2.05, 4.69) is 15.8 Å². The molecule has 1 aromatic carbocycles. The Bertz CT molecular complexity index is 1110. The quantitative estimate of drug-likeness (QED) is 0.409. The first-order valence-corrected chi connectivity index (χ1v) is 10.1. The average molecular weight is 508 g/mol. The number of pyridine rings is 1. The maximum absolute atomic E-state index is 13.6. The van der Waals surface area contributed by atoms with Gasteiger partial charge in [0.1, 0.15) is 12.6 Å². The van der Waals surface area contributed by atoms with Crippen LogP contribution in [0.4, 0.5) is 30.7 Å². The molecule has 0 bridgehead atoms. The van der Waals surface area contributed by atoms with Gasteiger partial charge in [-0.1, -0.05) is 12.1 Å². The summed E-state index contributed by atoms with van der Waals surface area (Å²) in [7, 11) is 0. The number of nitrogens with zero attached hydrogens (tertiary/aromatic N) is 1. The first kappa shape index (κ1) is 26.3. The minimum absolute atomic E-state index is 0.123. The van der Waals surface area contributed by atoms with Crippen LogP contribution in [-0.4, -0.2) is 36.1 Å². The predicted octanol–water partition coefficient (Wildman–Crippen LogP) is 3.66. The number of amides is 2. The molecule has 35 heavy (non-hydrogen) atoms. The highest BCUT2D eigenvalue weighted by Gasteiger charge is 2.35. The zero-order valence-electron chi connectivity index (χ0n) is 18.0. The summed E-state index contributed by atoms with van der Waals surface area (Å²) >= 11 is 0. The van der Waals surface area contributed by atoms with Crippen LogP contribution in [-0.2, 0) is 15.8 Å². The van der Waals surface area contributed by atoms with Gasteiger partial charge in [-0.3, -0.25) is 14.4 Å². The standard InChI is InChI=1S/C21H19F7N4O3/c1-10-4-11(2-3-13(10)19(34)29-8-18(33)30-9-20(23,24)25)14-7-16(35-32-14)15-5-12(21(26,27)28)6-17(22)31-15/h2-6,14,16,32H,7-9H2,1H3,(H,29,34)(H,30,33). The van der Waals surface area contributed by atoms with Crippen LogP contribution < -0.4 is 16.1 Å². The molecule has 7 nitrogen and oxygen atoms in total. The summed E-state index contributed by atoms with van der Waals surface area (Å²) in [5.41, 5.74) is 2.46. The molecule has 1 aliphatic rings. The number of rotatable bonds is 6. The molecule has 2 aromatic rings. The lowest BCUT2D eigenvalue weighted by molar-refractivity contribution is -0.138.